The summed E-state index contributed by atoms with van der Waals surface area (Å²) in [6.07, 6.45) is 3.22. The molecule has 2 unspecified atom stereocenters. The van der Waals surface area contributed by atoms with Gasteiger partial charge in [-0.05, 0) is 43.9 Å². The molecule has 0 aromatic heterocycles. The predicted octanol–water partition coefficient (Wildman–Crippen LogP) is 1.79. The maximum absolute atomic E-state index is 12.6. The Hall–Kier alpha value is -1.63. The van der Waals surface area contributed by atoms with Crippen molar-refractivity contribution in [3.8, 4) is 0 Å². The molecule has 1 aromatic carbocycles. The minimum atomic E-state index is -0.380. The van der Waals surface area contributed by atoms with E-state index in [0.29, 0.717) is 24.4 Å². The van der Waals surface area contributed by atoms with Gasteiger partial charge in [-0.1, -0.05) is 6.07 Å². The molecule has 6 nitrogen and oxygen atoms in total. The first kappa shape index (κ1) is 18.7. The molecule has 0 saturated carbocycles. The Bertz CT molecular complexity index is 590. The van der Waals surface area contributed by atoms with Crippen molar-refractivity contribution in [2.75, 3.05) is 25.0 Å². The molecule has 0 aliphatic carbocycles. The number of halogens is 1. The number of carbonyl (C=O) groups excluding carboxylic acids is 2. The van der Waals surface area contributed by atoms with Crippen molar-refractivity contribution in [1.29, 1.82) is 0 Å². The molecule has 2 fully saturated rings. The van der Waals surface area contributed by atoms with E-state index >= 15 is 0 Å². The average Bonchev–Trinajstić information content (AvgIpc) is 3.25. The van der Waals surface area contributed by atoms with Crippen molar-refractivity contribution >= 4 is 29.9 Å². The Morgan fingerprint density at radius 3 is 2.83 bits per heavy atom. The maximum Gasteiger partial charge on any atom is 0.254 e. The smallest absolute Gasteiger partial charge is 0.254 e. The lowest BCUT2D eigenvalue weighted by Crippen LogP contribution is -2.39. The van der Waals surface area contributed by atoms with Crippen LogP contribution in [0.2, 0.25) is 0 Å². The predicted molar refractivity (Wildman–Crippen MR) is 94.4 cm³/mol. The summed E-state index contributed by atoms with van der Waals surface area (Å²) in [7, 11) is 0. The van der Waals surface area contributed by atoms with Crippen molar-refractivity contribution in [1.82, 2.24) is 4.90 Å². The minimum absolute atomic E-state index is 0. The monoisotopic (exact) mass is 353 g/mol. The van der Waals surface area contributed by atoms with Gasteiger partial charge in [0, 0.05) is 37.0 Å². The van der Waals surface area contributed by atoms with Crippen molar-refractivity contribution in [2.45, 2.75) is 37.8 Å². The third-order valence-electron chi connectivity index (χ3n) is 4.51. The summed E-state index contributed by atoms with van der Waals surface area (Å²) in [6, 6.07) is 7.18. The zero-order valence-electron chi connectivity index (χ0n) is 13.6. The molecule has 2 heterocycles. The second kappa shape index (κ2) is 8.46. The van der Waals surface area contributed by atoms with Crippen LogP contribution in [0.3, 0.4) is 0 Å². The number of amides is 2. The summed E-state index contributed by atoms with van der Waals surface area (Å²) >= 11 is 0. The van der Waals surface area contributed by atoms with Crippen molar-refractivity contribution in [3.63, 3.8) is 0 Å². The molecule has 3 rings (SSSR count). The van der Waals surface area contributed by atoms with Crippen LogP contribution in [-0.4, -0.2) is 48.6 Å². The fraction of sp³-hybridized carbons (Fsp3) is 0.529. The molecule has 2 aliphatic rings. The molecule has 2 aliphatic heterocycles. The number of hydrogen-bond donors (Lipinski definition) is 2. The van der Waals surface area contributed by atoms with Crippen molar-refractivity contribution in [3.05, 3.63) is 29.8 Å². The van der Waals surface area contributed by atoms with Gasteiger partial charge >= 0.3 is 0 Å². The lowest BCUT2D eigenvalue weighted by molar-refractivity contribution is -0.124. The Kier molecular flexibility index (Phi) is 6.60. The number of ether oxygens (including phenoxy) is 1. The number of carbonyl (C=O) groups is 2. The fourth-order valence-corrected chi connectivity index (χ4v) is 3.25. The van der Waals surface area contributed by atoms with E-state index in [-0.39, 0.29) is 36.4 Å². The van der Waals surface area contributed by atoms with E-state index in [2.05, 4.69) is 5.32 Å². The SMILES string of the molecule is Cl.NCC1CCCN1C(=O)c1cccc(NC(=O)C2CCCO2)c1. The first-order valence-electron chi connectivity index (χ1n) is 8.22. The van der Waals surface area contributed by atoms with E-state index in [1.807, 2.05) is 4.90 Å². The van der Waals surface area contributed by atoms with Gasteiger partial charge in [-0.3, -0.25) is 9.59 Å². The topological polar surface area (TPSA) is 84.7 Å². The zero-order chi connectivity index (χ0) is 16.2. The summed E-state index contributed by atoms with van der Waals surface area (Å²) in [5.41, 5.74) is 6.94. The molecular weight excluding hydrogens is 330 g/mol. The first-order chi connectivity index (χ1) is 11.2. The standard InChI is InChI=1S/C17H23N3O3.ClH/c18-11-14-6-2-8-20(14)17(22)12-4-1-5-13(10-12)19-16(21)15-7-3-9-23-15;/h1,4-5,10,14-15H,2-3,6-9,11,18H2,(H,19,21);1H. The Morgan fingerprint density at radius 1 is 1.29 bits per heavy atom. The highest BCUT2D eigenvalue weighted by molar-refractivity contribution is 5.98. The van der Waals surface area contributed by atoms with E-state index < -0.39 is 0 Å². The molecule has 24 heavy (non-hydrogen) atoms. The van der Waals surface area contributed by atoms with Crippen LogP contribution in [0.25, 0.3) is 0 Å². The molecule has 2 atom stereocenters. The normalized spacial score (nSPS) is 23.0. The molecule has 1 aromatic rings. The van der Waals surface area contributed by atoms with E-state index in [1.165, 1.54) is 0 Å². The third kappa shape index (κ3) is 4.06. The van der Waals surface area contributed by atoms with Crippen LogP contribution in [-0.2, 0) is 9.53 Å². The van der Waals surface area contributed by atoms with Gasteiger partial charge in [0.1, 0.15) is 6.10 Å². The minimum Gasteiger partial charge on any atom is -0.368 e. The molecule has 0 radical (unpaired) electrons. The molecule has 0 spiro atoms. The highest BCUT2D eigenvalue weighted by Crippen LogP contribution is 2.21. The van der Waals surface area contributed by atoms with Crippen LogP contribution in [0.4, 0.5) is 5.69 Å². The maximum atomic E-state index is 12.6. The van der Waals surface area contributed by atoms with Crippen LogP contribution in [0.15, 0.2) is 24.3 Å². The molecular formula is C17H24ClN3O3. The van der Waals surface area contributed by atoms with Crippen LogP contribution in [0.1, 0.15) is 36.0 Å². The Labute approximate surface area is 148 Å². The zero-order valence-corrected chi connectivity index (χ0v) is 14.4. The van der Waals surface area contributed by atoms with E-state index in [9.17, 15) is 9.59 Å². The number of nitrogens with two attached hydrogens (primary N) is 1. The van der Waals surface area contributed by atoms with Crippen LogP contribution >= 0.6 is 12.4 Å². The van der Waals surface area contributed by atoms with Gasteiger partial charge in [0.05, 0.1) is 0 Å². The molecule has 2 saturated heterocycles. The van der Waals surface area contributed by atoms with Crippen LogP contribution in [0, 0.1) is 0 Å². The van der Waals surface area contributed by atoms with Crippen LogP contribution < -0.4 is 11.1 Å². The van der Waals surface area contributed by atoms with E-state index in [4.69, 9.17) is 10.5 Å². The number of anilines is 1. The van der Waals surface area contributed by atoms with Crippen LogP contribution in [0.5, 0.6) is 0 Å². The van der Waals surface area contributed by atoms with Gasteiger partial charge in [0.15, 0.2) is 0 Å². The van der Waals surface area contributed by atoms with Gasteiger partial charge in [0.25, 0.3) is 11.8 Å². The number of likely N-dealkylation sites (tertiary alicyclic amines) is 1. The largest absolute Gasteiger partial charge is 0.368 e. The quantitative estimate of drug-likeness (QED) is 0.864. The summed E-state index contributed by atoms with van der Waals surface area (Å²) in [4.78, 5) is 26.6. The summed E-state index contributed by atoms with van der Waals surface area (Å²) < 4.78 is 5.37. The number of benzene rings is 1. The molecule has 2 amide bonds. The molecule has 7 heteroatoms. The van der Waals surface area contributed by atoms with Crippen molar-refractivity contribution < 1.29 is 14.3 Å². The first-order valence-corrected chi connectivity index (χ1v) is 8.22. The molecule has 0 bridgehead atoms. The third-order valence-corrected chi connectivity index (χ3v) is 4.51. The highest BCUT2D eigenvalue weighted by atomic mass is 35.5. The summed E-state index contributed by atoms with van der Waals surface area (Å²) in [6.45, 7) is 1.86. The van der Waals surface area contributed by atoms with Gasteiger partial charge in [-0.25, -0.2) is 0 Å². The second-order valence-corrected chi connectivity index (χ2v) is 6.10. The number of hydrogen-bond acceptors (Lipinski definition) is 4. The van der Waals surface area contributed by atoms with E-state index in [1.54, 1.807) is 24.3 Å². The fourth-order valence-electron chi connectivity index (χ4n) is 3.25. The highest BCUT2D eigenvalue weighted by Gasteiger charge is 2.28. The lowest BCUT2D eigenvalue weighted by Gasteiger charge is -2.23. The second-order valence-electron chi connectivity index (χ2n) is 6.10. The number of rotatable bonds is 4. The molecule has 132 valence electrons. The Morgan fingerprint density at radius 2 is 2.12 bits per heavy atom. The van der Waals surface area contributed by atoms with Gasteiger partial charge < -0.3 is 20.7 Å². The van der Waals surface area contributed by atoms with Gasteiger partial charge in [-0.2, -0.15) is 0 Å². The average molecular weight is 354 g/mol. The van der Waals surface area contributed by atoms with Gasteiger partial charge in [0.2, 0.25) is 0 Å². The Balaban J connectivity index is 0.00000208. The van der Waals surface area contributed by atoms with E-state index in [0.717, 1.165) is 32.2 Å². The lowest BCUT2D eigenvalue weighted by atomic mass is 10.1. The molecule has 3 N–H and O–H groups in total. The summed E-state index contributed by atoms with van der Waals surface area (Å²) in [5, 5.41) is 2.84. The van der Waals surface area contributed by atoms with Gasteiger partial charge in [-0.15, -0.1) is 12.4 Å². The number of nitrogens with one attached hydrogen (secondary N) is 1. The number of nitrogens with zero attached hydrogens (tertiary/aromatic N) is 1. The summed E-state index contributed by atoms with van der Waals surface area (Å²) in [5.74, 6) is -0.167. The van der Waals surface area contributed by atoms with Crippen molar-refractivity contribution in [2.24, 2.45) is 5.73 Å².